The molecule has 1 aliphatic rings. The van der Waals surface area contributed by atoms with Gasteiger partial charge in [-0.1, -0.05) is 30.3 Å². The predicted octanol–water partition coefficient (Wildman–Crippen LogP) is 3.03. The summed E-state index contributed by atoms with van der Waals surface area (Å²) in [5, 5.41) is 20.1. The van der Waals surface area contributed by atoms with Crippen LogP contribution in [0.4, 0.5) is 5.69 Å². The second-order valence-electron chi connectivity index (χ2n) is 6.49. The number of aliphatic imine (C=N–C) groups is 1. The molecule has 0 amide bonds. The Morgan fingerprint density at radius 3 is 2.52 bits per heavy atom. The summed E-state index contributed by atoms with van der Waals surface area (Å²) in [5.41, 5.74) is 1.93. The SMILES string of the molecule is O=C(O)CCC(=O)OCn1c(O)c(C2=Nc3ccccc3C2=O)c2ccccc21. The molecule has 0 aliphatic carbocycles. The van der Waals surface area contributed by atoms with E-state index >= 15 is 0 Å². The van der Waals surface area contributed by atoms with Crippen LogP contribution in [-0.4, -0.2) is 38.2 Å². The van der Waals surface area contributed by atoms with Gasteiger partial charge in [-0.2, -0.15) is 0 Å². The Labute approximate surface area is 164 Å². The van der Waals surface area contributed by atoms with Crippen molar-refractivity contribution in [2.75, 3.05) is 0 Å². The minimum absolute atomic E-state index is 0.121. The van der Waals surface area contributed by atoms with Gasteiger partial charge in [0.2, 0.25) is 11.7 Å². The number of carboxylic acids is 1. The van der Waals surface area contributed by atoms with E-state index in [1.54, 1.807) is 48.5 Å². The van der Waals surface area contributed by atoms with Gasteiger partial charge in [0.1, 0.15) is 5.71 Å². The van der Waals surface area contributed by atoms with E-state index in [1.165, 1.54) is 4.57 Å². The van der Waals surface area contributed by atoms with Gasteiger partial charge in [0.05, 0.1) is 29.6 Å². The zero-order chi connectivity index (χ0) is 20.5. The first-order valence-electron chi connectivity index (χ1n) is 8.87. The highest BCUT2D eigenvalue weighted by Crippen LogP contribution is 2.37. The third-order valence-electron chi connectivity index (χ3n) is 4.67. The number of esters is 1. The molecule has 8 heteroatoms. The van der Waals surface area contributed by atoms with Gasteiger partial charge in [-0.3, -0.25) is 19.0 Å². The van der Waals surface area contributed by atoms with Crippen LogP contribution >= 0.6 is 0 Å². The molecule has 1 aliphatic heterocycles. The molecule has 4 rings (SSSR count). The first-order valence-corrected chi connectivity index (χ1v) is 8.87. The van der Waals surface area contributed by atoms with Crippen molar-refractivity contribution in [2.24, 2.45) is 4.99 Å². The summed E-state index contributed by atoms with van der Waals surface area (Å²) in [6.45, 7) is -0.320. The quantitative estimate of drug-likeness (QED) is 0.623. The molecule has 0 radical (unpaired) electrons. The number of carbonyl (C=O) groups excluding carboxylic acids is 2. The van der Waals surface area contributed by atoms with Crippen molar-refractivity contribution in [1.82, 2.24) is 4.57 Å². The first kappa shape index (κ1) is 18.4. The van der Waals surface area contributed by atoms with Gasteiger partial charge in [0, 0.05) is 10.9 Å². The fraction of sp³-hybridized carbons (Fsp3) is 0.143. The number of hydrogen-bond donors (Lipinski definition) is 2. The van der Waals surface area contributed by atoms with Crippen LogP contribution in [0.25, 0.3) is 10.9 Å². The second-order valence-corrected chi connectivity index (χ2v) is 6.49. The van der Waals surface area contributed by atoms with Crippen molar-refractivity contribution in [3.05, 3.63) is 59.7 Å². The number of para-hydroxylation sites is 2. The second kappa shape index (κ2) is 7.23. The van der Waals surface area contributed by atoms with Gasteiger partial charge in [0.15, 0.2) is 6.73 Å². The molecule has 0 fully saturated rings. The lowest BCUT2D eigenvalue weighted by molar-refractivity contribution is -0.150. The third-order valence-corrected chi connectivity index (χ3v) is 4.67. The number of rotatable bonds is 6. The lowest BCUT2D eigenvalue weighted by Gasteiger charge is -2.08. The molecule has 0 unspecified atom stereocenters. The van der Waals surface area contributed by atoms with Gasteiger partial charge in [-0.05, 0) is 18.2 Å². The van der Waals surface area contributed by atoms with E-state index in [1.807, 2.05) is 0 Å². The van der Waals surface area contributed by atoms with Gasteiger partial charge >= 0.3 is 11.9 Å². The van der Waals surface area contributed by atoms with Crippen LogP contribution in [0.5, 0.6) is 5.88 Å². The molecule has 29 heavy (non-hydrogen) atoms. The predicted molar refractivity (Wildman–Crippen MR) is 104 cm³/mol. The number of aromatic nitrogens is 1. The summed E-state index contributed by atoms with van der Waals surface area (Å²) in [6, 6.07) is 13.9. The number of hydrogen-bond acceptors (Lipinski definition) is 6. The summed E-state index contributed by atoms with van der Waals surface area (Å²) in [5.74, 6) is -2.35. The van der Waals surface area contributed by atoms with Crippen molar-refractivity contribution in [3.8, 4) is 5.88 Å². The molecule has 2 aromatic carbocycles. The molecule has 0 saturated carbocycles. The summed E-state index contributed by atoms with van der Waals surface area (Å²) in [7, 11) is 0. The zero-order valence-corrected chi connectivity index (χ0v) is 15.2. The Balaban J connectivity index is 1.71. The average Bonchev–Trinajstić information content (AvgIpc) is 3.18. The van der Waals surface area contributed by atoms with Gasteiger partial charge in [0.25, 0.3) is 0 Å². The number of carbonyl (C=O) groups is 3. The van der Waals surface area contributed by atoms with Crippen molar-refractivity contribution >= 4 is 40.0 Å². The third kappa shape index (κ3) is 3.25. The zero-order valence-electron chi connectivity index (χ0n) is 15.2. The van der Waals surface area contributed by atoms with Gasteiger partial charge in [-0.25, -0.2) is 4.99 Å². The smallest absolute Gasteiger partial charge is 0.308 e. The Hall–Kier alpha value is -3.94. The van der Waals surface area contributed by atoms with Crippen LogP contribution in [0.3, 0.4) is 0 Å². The molecule has 8 nitrogen and oxygen atoms in total. The highest BCUT2D eigenvalue weighted by molar-refractivity contribution is 6.56. The fourth-order valence-electron chi connectivity index (χ4n) is 3.30. The van der Waals surface area contributed by atoms with E-state index in [4.69, 9.17) is 9.84 Å². The Morgan fingerprint density at radius 1 is 1.03 bits per heavy atom. The molecule has 2 N–H and O–H groups in total. The molecule has 0 spiro atoms. The van der Waals surface area contributed by atoms with Crippen molar-refractivity contribution in [2.45, 2.75) is 19.6 Å². The maximum atomic E-state index is 12.8. The van der Waals surface area contributed by atoms with E-state index in [2.05, 4.69) is 4.99 Å². The largest absolute Gasteiger partial charge is 0.494 e. The van der Waals surface area contributed by atoms with Crippen LogP contribution in [-0.2, 0) is 21.1 Å². The number of fused-ring (bicyclic) bond motifs is 2. The number of nitrogens with zero attached hydrogens (tertiary/aromatic N) is 2. The average molecular weight is 392 g/mol. The minimum atomic E-state index is -1.10. The van der Waals surface area contributed by atoms with E-state index in [9.17, 15) is 19.5 Å². The monoisotopic (exact) mass is 392 g/mol. The van der Waals surface area contributed by atoms with Gasteiger partial charge < -0.3 is 14.9 Å². The standard InChI is InChI=1S/C21H16N2O6/c24-16(25)9-10-17(26)29-11-23-15-8-4-2-6-13(15)18(21(23)28)19-20(27)12-5-1-3-7-14(12)22-19/h1-8,28H,9-11H2,(H,24,25). The topological polar surface area (TPSA) is 118 Å². The van der Waals surface area contributed by atoms with Crippen molar-refractivity contribution < 1.29 is 29.3 Å². The van der Waals surface area contributed by atoms with Crippen LogP contribution in [0, 0.1) is 0 Å². The summed E-state index contributed by atoms with van der Waals surface area (Å²) in [6.07, 6.45) is -0.616. The summed E-state index contributed by atoms with van der Waals surface area (Å²) in [4.78, 5) is 39.6. The molecule has 2 heterocycles. The van der Waals surface area contributed by atoms with Crippen LogP contribution < -0.4 is 0 Å². The number of benzene rings is 2. The number of carboxylic acid groups (broad SMARTS) is 1. The number of ether oxygens (including phenoxy) is 1. The number of Topliss-reactive ketones (excluding diaryl/α,β-unsaturated/α-hetero) is 1. The highest BCUT2D eigenvalue weighted by atomic mass is 16.5. The molecular formula is C21H16N2O6. The van der Waals surface area contributed by atoms with Crippen LogP contribution in [0.15, 0.2) is 53.5 Å². The molecule has 3 aromatic rings. The van der Waals surface area contributed by atoms with E-state index < -0.39 is 11.9 Å². The summed E-state index contributed by atoms with van der Waals surface area (Å²) >= 11 is 0. The first-order chi connectivity index (χ1) is 14.0. The maximum absolute atomic E-state index is 12.8. The Kier molecular flexibility index (Phi) is 4.59. The Bertz CT molecular complexity index is 1190. The lowest BCUT2D eigenvalue weighted by Crippen LogP contribution is -2.12. The number of aliphatic carboxylic acids is 1. The van der Waals surface area contributed by atoms with E-state index in [0.29, 0.717) is 22.2 Å². The molecule has 0 bridgehead atoms. The van der Waals surface area contributed by atoms with Crippen molar-refractivity contribution in [1.29, 1.82) is 0 Å². The minimum Gasteiger partial charge on any atom is -0.494 e. The van der Waals surface area contributed by atoms with E-state index in [-0.39, 0.29) is 42.5 Å². The summed E-state index contributed by atoms with van der Waals surface area (Å²) < 4.78 is 6.46. The number of ketones is 1. The van der Waals surface area contributed by atoms with Crippen LogP contribution in [0.2, 0.25) is 0 Å². The van der Waals surface area contributed by atoms with E-state index in [0.717, 1.165) is 0 Å². The lowest BCUT2D eigenvalue weighted by atomic mass is 10.0. The molecular weight excluding hydrogens is 376 g/mol. The van der Waals surface area contributed by atoms with Gasteiger partial charge in [-0.15, -0.1) is 0 Å². The Morgan fingerprint density at radius 2 is 1.76 bits per heavy atom. The normalized spacial score (nSPS) is 12.7. The molecule has 146 valence electrons. The number of aromatic hydroxyl groups is 1. The molecule has 1 aromatic heterocycles. The highest BCUT2D eigenvalue weighted by Gasteiger charge is 2.31. The maximum Gasteiger partial charge on any atom is 0.308 e. The molecule has 0 saturated heterocycles. The fourth-order valence-corrected chi connectivity index (χ4v) is 3.30. The van der Waals surface area contributed by atoms with Crippen LogP contribution in [0.1, 0.15) is 28.8 Å². The van der Waals surface area contributed by atoms with Crippen molar-refractivity contribution in [3.63, 3.8) is 0 Å². The molecule has 0 atom stereocenters.